The lowest BCUT2D eigenvalue weighted by atomic mass is 10.2. The molecule has 3 rings (SSSR count). The summed E-state index contributed by atoms with van der Waals surface area (Å²) in [6.45, 7) is 0.733. The van der Waals surface area contributed by atoms with Crippen LogP contribution in [0, 0.1) is 0 Å². The molecule has 1 amide bonds. The van der Waals surface area contributed by atoms with Crippen molar-refractivity contribution >= 4 is 11.7 Å². The Morgan fingerprint density at radius 2 is 2.15 bits per heavy atom. The second kappa shape index (κ2) is 4.58. The normalized spacial score (nSPS) is 26.4. The number of nitrogens with zero attached hydrogens (tertiary/aromatic N) is 3. The summed E-state index contributed by atoms with van der Waals surface area (Å²) in [6.07, 6.45) is -3.84. The minimum Gasteiger partial charge on any atom is -0.364 e. The van der Waals surface area contributed by atoms with Crippen molar-refractivity contribution in [2.75, 3.05) is 24.6 Å². The first-order chi connectivity index (χ1) is 9.43. The van der Waals surface area contributed by atoms with E-state index < -0.39 is 11.9 Å². The summed E-state index contributed by atoms with van der Waals surface area (Å²) in [6, 6.07) is 0.680. The van der Waals surface area contributed by atoms with Crippen LogP contribution in [0.5, 0.6) is 0 Å². The molecule has 2 aliphatic heterocycles. The van der Waals surface area contributed by atoms with Crippen molar-refractivity contribution < 1.29 is 22.7 Å². The third-order valence-corrected chi connectivity index (χ3v) is 3.31. The van der Waals surface area contributed by atoms with Gasteiger partial charge in [0.1, 0.15) is 24.4 Å². The molecular weight excluding hydrogens is 277 g/mol. The predicted molar refractivity (Wildman–Crippen MR) is 60.9 cm³/mol. The molecule has 0 aromatic carbocycles. The van der Waals surface area contributed by atoms with Gasteiger partial charge in [-0.15, -0.1) is 0 Å². The number of anilines is 1. The Bertz CT molecular complexity index is 537. The minimum absolute atomic E-state index is 0.0212. The van der Waals surface area contributed by atoms with Gasteiger partial charge in [-0.3, -0.25) is 4.79 Å². The van der Waals surface area contributed by atoms with Gasteiger partial charge in [0.25, 0.3) is 0 Å². The molecule has 0 bridgehead atoms. The molecule has 108 valence electrons. The van der Waals surface area contributed by atoms with Crippen LogP contribution in [0.25, 0.3) is 0 Å². The second-order valence-electron chi connectivity index (χ2n) is 4.69. The highest BCUT2D eigenvalue weighted by Gasteiger charge is 2.39. The topological polar surface area (TPSA) is 67.3 Å². The molecule has 2 aliphatic rings. The quantitative estimate of drug-likeness (QED) is 0.799. The number of hydrogen-bond donors (Lipinski definition) is 1. The van der Waals surface area contributed by atoms with Crippen molar-refractivity contribution in [2.45, 2.75) is 18.3 Å². The summed E-state index contributed by atoms with van der Waals surface area (Å²) in [5.41, 5.74) is -0.984. The zero-order chi connectivity index (χ0) is 14.3. The Balaban J connectivity index is 1.79. The highest BCUT2D eigenvalue weighted by atomic mass is 19.4. The molecule has 6 nitrogen and oxygen atoms in total. The number of fused-ring (bicyclic) bond motifs is 1. The van der Waals surface area contributed by atoms with Crippen LogP contribution in [0.4, 0.5) is 19.0 Å². The molecule has 0 aliphatic carbocycles. The van der Waals surface area contributed by atoms with E-state index in [4.69, 9.17) is 4.74 Å². The van der Waals surface area contributed by atoms with Gasteiger partial charge in [0.15, 0.2) is 0 Å². The zero-order valence-electron chi connectivity index (χ0n) is 10.2. The molecule has 0 spiro atoms. The van der Waals surface area contributed by atoms with Crippen molar-refractivity contribution in [2.24, 2.45) is 0 Å². The summed E-state index contributed by atoms with van der Waals surface area (Å²) in [7, 11) is 0. The van der Waals surface area contributed by atoms with Gasteiger partial charge in [0.05, 0.1) is 12.1 Å². The second-order valence-corrected chi connectivity index (χ2v) is 4.69. The fraction of sp³-hybridized carbons (Fsp3) is 0.545. The maximum atomic E-state index is 12.6. The van der Waals surface area contributed by atoms with E-state index in [-0.39, 0.29) is 30.5 Å². The Kier molecular flexibility index (Phi) is 3.00. The molecule has 2 fully saturated rings. The highest BCUT2D eigenvalue weighted by Crippen LogP contribution is 2.30. The summed E-state index contributed by atoms with van der Waals surface area (Å²) >= 11 is 0. The summed E-state index contributed by atoms with van der Waals surface area (Å²) < 4.78 is 43.2. The van der Waals surface area contributed by atoms with Crippen LogP contribution in [0.15, 0.2) is 12.4 Å². The number of hydrogen-bond acceptors (Lipinski definition) is 5. The molecule has 2 saturated heterocycles. The van der Waals surface area contributed by atoms with Gasteiger partial charge in [-0.1, -0.05) is 0 Å². The van der Waals surface area contributed by atoms with E-state index in [0.717, 1.165) is 12.4 Å². The number of alkyl halides is 3. The van der Waals surface area contributed by atoms with Gasteiger partial charge in [-0.05, 0) is 0 Å². The number of aromatic nitrogens is 2. The number of amides is 1. The smallest absolute Gasteiger partial charge is 0.364 e. The van der Waals surface area contributed by atoms with E-state index in [1.54, 1.807) is 4.90 Å². The van der Waals surface area contributed by atoms with Crippen molar-refractivity contribution in [1.82, 2.24) is 15.3 Å². The fourth-order valence-electron chi connectivity index (χ4n) is 2.37. The van der Waals surface area contributed by atoms with Crippen molar-refractivity contribution in [3.05, 3.63) is 18.1 Å². The zero-order valence-corrected chi connectivity index (χ0v) is 10.2. The summed E-state index contributed by atoms with van der Waals surface area (Å²) in [5.74, 6) is -0.0358. The first kappa shape index (κ1) is 13.1. The number of nitrogens with one attached hydrogen (secondary N) is 1. The Hall–Kier alpha value is -1.90. The minimum atomic E-state index is -4.51. The van der Waals surface area contributed by atoms with Crippen LogP contribution in [0.2, 0.25) is 0 Å². The van der Waals surface area contributed by atoms with Crippen LogP contribution in [-0.2, 0) is 15.7 Å². The average molecular weight is 288 g/mol. The monoisotopic (exact) mass is 288 g/mol. The van der Waals surface area contributed by atoms with Gasteiger partial charge >= 0.3 is 6.18 Å². The number of morpholine rings is 1. The lowest BCUT2D eigenvalue weighted by molar-refractivity contribution is -0.141. The van der Waals surface area contributed by atoms with E-state index in [1.807, 2.05) is 0 Å². The van der Waals surface area contributed by atoms with Crippen LogP contribution < -0.4 is 10.2 Å². The maximum Gasteiger partial charge on any atom is 0.433 e. The summed E-state index contributed by atoms with van der Waals surface area (Å²) in [4.78, 5) is 19.9. The van der Waals surface area contributed by atoms with Gasteiger partial charge < -0.3 is 15.0 Å². The molecule has 0 unspecified atom stereocenters. The van der Waals surface area contributed by atoms with Crippen LogP contribution >= 0.6 is 0 Å². The molecule has 0 radical (unpaired) electrons. The predicted octanol–water partition coefficient (Wildman–Crippen LogP) is 0.199. The molecule has 0 saturated carbocycles. The van der Waals surface area contributed by atoms with Gasteiger partial charge in [0.2, 0.25) is 5.91 Å². The largest absolute Gasteiger partial charge is 0.433 e. The number of ether oxygens (including phenoxy) is 1. The molecule has 1 aromatic rings. The van der Waals surface area contributed by atoms with E-state index in [1.165, 1.54) is 0 Å². The first-order valence-electron chi connectivity index (χ1n) is 5.98. The molecule has 2 atom stereocenters. The Morgan fingerprint density at radius 3 is 2.90 bits per heavy atom. The van der Waals surface area contributed by atoms with Crippen LogP contribution in [0.1, 0.15) is 5.69 Å². The third kappa shape index (κ3) is 2.40. The number of halogens is 3. The van der Waals surface area contributed by atoms with Crippen molar-refractivity contribution in [1.29, 1.82) is 0 Å². The molecule has 9 heteroatoms. The molecule has 1 N–H and O–H groups in total. The summed E-state index contributed by atoms with van der Waals surface area (Å²) in [5, 5.41) is 2.75. The molecule has 3 heterocycles. The van der Waals surface area contributed by atoms with Crippen LogP contribution in [-0.4, -0.2) is 47.7 Å². The van der Waals surface area contributed by atoms with Crippen molar-refractivity contribution in [3.8, 4) is 0 Å². The SMILES string of the molecule is O=C1CO[C@@H]2CN(c3cc(C(F)(F)F)ncn3)C[C@H]2N1. The van der Waals surface area contributed by atoms with Gasteiger partial charge in [0, 0.05) is 19.2 Å². The first-order valence-corrected chi connectivity index (χ1v) is 5.98. The Labute approximate surface area is 111 Å². The third-order valence-electron chi connectivity index (χ3n) is 3.31. The average Bonchev–Trinajstić information content (AvgIpc) is 2.81. The number of carbonyl (C=O) groups is 1. The van der Waals surface area contributed by atoms with Crippen LogP contribution in [0.3, 0.4) is 0 Å². The van der Waals surface area contributed by atoms with Crippen molar-refractivity contribution in [3.63, 3.8) is 0 Å². The van der Waals surface area contributed by atoms with E-state index in [9.17, 15) is 18.0 Å². The van der Waals surface area contributed by atoms with Gasteiger partial charge in [-0.25, -0.2) is 9.97 Å². The number of carbonyl (C=O) groups excluding carboxylic acids is 1. The maximum absolute atomic E-state index is 12.6. The molecule has 1 aromatic heterocycles. The lowest BCUT2D eigenvalue weighted by Crippen LogP contribution is -2.50. The Morgan fingerprint density at radius 1 is 1.35 bits per heavy atom. The van der Waals surface area contributed by atoms with E-state index in [0.29, 0.717) is 13.1 Å². The van der Waals surface area contributed by atoms with E-state index in [2.05, 4.69) is 15.3 Å². The van der Waals surface area contributed by atoms with Gasteiger partial charge in [-0.2, -0.15) is 13.2 Å². The fourth-order valence-corrected chi connectivity index (χ4v) is 2.37. The standard InChI is InChI=1S/C11H11F3N4O2/c12-11(13,14)8-1-9(16-5-15-8)18-2-6-7(3-18)20-4-10(19)17-6/h1,5-7H,2-4H2,(H,17,19)/t6-,7-/m1/s1. The highest BCUT2D eigenvalue weighted by molar-refractivity contribution is 5.78. The number of rotatable bonds is 1. The lowest BCUT2D eigenvalue weighted by Gasteiger charge is -2.24. The molecular formula is C11H11F3N4O2. The molecule has 20 heavy (non-hydrogen) atoms. The van der Waals surface area contributed by atoms with E-state index >= 15 is 0 Å².